The SMILES string of the molecule is O=C(Nc1ccc2sc(-c3ccccc3)nc2c1)c1ccccc1Cl. The summed E-state index contributed by atoms with van der Waals surface area (Å²) in [5, 5.41) is 4.28. The number of carbonyl (C=O) groups is 1. The summed E-state index contributed by atoms with van der Waals surface area (Å²) >= 11 is 7.71. The Balaban J connectivity index is 1.63. The van der Waals surface area contributed by atoms with Gasteiger partial charge >= 0.3 is 0 Å². The number of nitrogens with zero attached hydrogens (tertiary/aromatic N) is 1. The molecular weight excluding hydrogens is 352 g/mol. The van der Waals surface area contributed by atoms with E-state index < -0.39 is 0 Å². The largest absolute Gasteiger partial charge is 0.322 e. The second-order valence-corrected chi connectivity index (χ2v) is 6.94. The molecule has 1 amide bonds. The van der Waals surface area contributed by atoms with Crippen LogP contribution in [0.1, 0.15) is 10.4 Å². The predicted octanol–water partition coefficient (Wildman–Crippen LogP) is 5.87. The van der Waals surface area contributed by atoms with Gasteiger partial charge in [-0.25, -0.2) is 4.98 Å². The van der Waals surface area contributed by atoms with Gasteiger partial charge in [-0.2, -0.15) is 0 Å². The van der Waals surface area contributed by atoms with Gasteiger partial charge in [-0.05, 0) is 30.3 Å². The van der Waals surface area contributed by atoms with Crippen molar-refractivity contribution >= 4 is 44.7 Å². The average Bonchev–Trinajstić information content (AvgIpc) is 3.06. The van der Waals surface area contributed by atoms with Gasteiger partial charge < -0.3 is 5.32 Å². The molecule has 122 valence electrons. The van der Waals surface area contributed by atoms with Crippen molar-refractivity contribution in [1.29, 1.82) is 0 Å². The fourth-order valence-corrected chi connectivity index (χ4v) is 3.73. The lowest BCUT2D eigenvalue weighted by atomic mass is 10.2. The molecule has 0 saturated carbocycles. The zero-order chi connectivity index (χ0) is 17.2. The molecular formula is C20H13ClN2OS. The molecule has 0 atom stereocenters. The predicted molar refractivity (Wildman–Crippen MR) is 104 cm³/mol. The second-order valence-electron chi connectivity index (χ2n) is 5.50. The monoisotopic (exact) mass is 364 g/mol. The third kappa shape index (κ3) is 3.27. The number of halogens is 1. The first kappa shape index (κ1) is 15.8. The second kappa shape index (κ2) is 6.67. The first-order valence-electron chi connectivity index (χ1n) is 7.72. The van der Waals surface area contributed by atoms with Crippen molar-refractivity contribution in [2.24, 2.45) is 0 Å². The number of rotatable bonds is 3. The Morgan fingerprint density at radius 3 is 2.52 bits per heavy atom. The van der Waals surface area contributed by atoms with E-state index in [1.54, 1.807) is 35.6 Å². The average molecular weight is 365 g/mol. The van der Waals surface area contributed by atoms with Crippen LogP contribution < -0.4 is 5.32 Å². The van der Waals surface area contributed by atoms with E-state index >= 15 is 0 Å². The molecule has 4 aromatic rings. The molecule has 0 radical (unpaired) electrons. The van der Waals surface area contributed by atoms with Gasteiger partial charge in [-0.1, -0.05) is 54.1 Å². The van der Waals surface area contributed by atoms with Crippen LogP contribution in [0.3, 0.4) is 0 Å². The molecule has 0 aliphatic heterocycles. The van der Waals surface area contributed by atoms with Crippen LogP contribution in [0.2, 0.25) is 5.02 Å². The summed E-state index contributed by atoms with van der Waals surface area (Å²) in [4.78, 5) is 17.1. The number of aromatic nitrogens is 1. The van der Waals surface area contributed by atoms with Crippen molar-refractivity contribution in [2.45, 2.75) is 0 Å². The Labute approximate surface area is 153 Å². The first-order chi connectivity index (χ1) is 12.2. The number of anilines is 1. The fraction of sp³-hybridized carbons (Fsp3) is 0. The minimum atomic E-state index is -0.233. The Bertz CT molecular complexity index is 1060. The zero-order valence-electron chi connectivity index (χ0n) is 13.1. The summed E-state index contributed by atoms with van der Waals surface area (Å²) in [7, 11) is 0. The van der Waals surface area contributed by atoms with Crippen LogP contribution in [0.25, 0.3) is 20.8 Å². The smallest absolute Gasteiger partial charge is 0.257 e. The molecule has 25 heavy (non-hydrogen) atoms. The van der Waals surface area contributed by atoms with E-state index in [1.165, 1.54) is 0 Å². The first-order valence-corrected chi connectivity index (χ1v) is 8.92. The lowest BCUT2D eigenvalue weighted by Crippen LogP contribution is -2.12. The number of fused-ring (bicyclic) bond motifs is 1. The van der Waals surface area contributed by atoms with Gasteiger partial charge in [0.05, 0.1) is 20.8 Å². The van der Waals surface area contributed by atoms with Gasteiger partial charge in [-0.15, -0.1) is 11.3 Å². The highest BCUT2D eigenvalue weighted by Crippen LogP contribution is 2.31. The fourth-order valence-electron chi connectivity index (χ4n) is 2.55. The maximum Gasteiger partial charge on any atom is 0.257 e. The Kier molecular flexibility index (Phi) is 4.22. The number of carbonyl (C=O) groups excluding carboxylic acids is 1. The lowest BCUT2D eigenvalue weighted by molar-refractivity contribution is 0.102. The lowest BCUT2D eigenvalue weighted by Gasteiger charge is -2.06. The van der Waals surface area contributed by atoms with Crippen molar-refractivity contribution in [1.82, 2.24) is 4.98 Å². The number of benzene rings is 3. The maximum absolute atomic E-state index is 12.4. The molecule has 0 unspecified atom stereocenters. The topological polar surface area (TPSA) is 42.0 Å². The van der Waals surface area contributed by atoms with E-state index in [9.17, 15) is 4.79 Å². The highest BCUT2D eigenvalue weighted by atomic mass is 35.5. The van der Waals surface area contributed by atoms with Gasteiger partial charge in [0.2, 0.25) is 0 Å². The van der Waals surface area contributed by atoms with Crippen LogP contribution in [0.4, 0.5) is 5.69 Å². The third-order valence-corrected chi connectivity index (χ3v) is 5.20. The van der Waals surface area contributed by atoms with Crippen LogP contribution in [0.15, 0.2) is 72.8 Å². The van der Waals surface area contributed by atoms with Gasteiger partial charge in [-0.3, -0.25) is 4.79 Å². The molecule has 1 N–H and O–H groups in total. The van der Waals surface area contributed by atoms with Crippen LogP contribution in [0.5, 0.6) is 0 Å². The summed E-state index contributed by atoms with van der Waals surface area (Å²) < 4.78 is 1.08. The van der Waals surface area contributed by atoms with Gasteiger partial charge in [0.1, 0.15) is 5.01 Å². The van der Waals surface area contributed by atoms with Crippen molar-refractivity contribution in [3.8, 4) is 10.6 Å². The molecule has 0 aliphatic rings. The summed E-state index contributed by atoms with van der Waals surface area (Å²) in [5.74, 6) is -0.233. The van der Waals surface area contributed by atoms with Crippen molar-refractivity contribution in [3.63, 3.8) is 0 Å². The van der Waals surface area contributed by atoms with Crippen molar-refractivity contribution in [3.05, 3.63) is 83.4 Å². The number of hydrogen-bond donors (Lipinski definition) is 1. The van der Waals surface area contributed by atoms with E-state index in [1.807, 2.05) is 48.5 Å². The van der Waals surface area contributed by atoms with Gasteiger partial charge in [0.15, 0.2) is 0 Å². The molecule has 5 heteroatoms. The summed E-state index contributed by atoms with van der Waals surface area (Å²) in [5.41, 5.74) is 3.10. The summed E-state index contributed by atoms with van der Waals surface area (Å²) in [6.45, 7) is 0. The summed E-state index contributed by atoms with van der Waals surface area (Å²) in [6.07, 6.45) is 0. The standard InChI is InChI=1S/C20H13ClN2OS/c21-16-9-5-4-8-15(16)19(24)22-14-10-11-18-17(12-14)23-20(25-18)13-6-2-1-3-7-13/h1-12H,(H,22,24). The van der Waals surface area contributed by atoms with Crippen molar-refractivity contribution in [2.75, 3.05) is 5.32 Å². The molecule has 0 fully saturated rings. The molecule has 0 saturated heterocycles. The van der Waals surface area contributed by atoms with E-state index in [-0.39, 0.29) is 5.91 Å². The van der Waals surface area contributed by atoms with Crippen LogP contribution in [-0.4, -0.2) is 10.9 Å². The summed E-state index contributed by atoms with van der Waals surface area (Å²) in [6, 6.07) is 22.8. The maximum atomic E-state index is 12.4. The highest BCUT2D eigenvalue weighted by molar-refractivity contribution is 7.21. The number of thiazole rings is 1. The van der Waals surface area contributed by atoms with Gasteiger partial charge in [0.25, 0.3) is 5.91 Å². The molecule has 0 spiro atoms. The number of amides is 1. The van der Waals surface area contributed by atoms with E-state index in [2.05, 4.69) is 10.3 Å². The highest BCUT2D eigenvalue weighted by Gasteiger charge is 2.11. The molecule has 3 nitrogen and oxygen atoms in total. The molecule has 0 bridgehead atoms. The molecule has 4 rings (SSSR count). The minimum absolute atomic E-state index is 0.233. The number of nitrogens with one attached hydrogen (secondary N) is 1. The Morgan fingerprint density at radius 1 is 0.960 bits per heavy atom. The zero-order valence-corrected chi connectivity index (χ0v) is 14.6. The Morgan fingerprint density at radius 2 is 1.72 bits per heavy atom. The third-order valence-electron chi connectivity index (χ3n) is 3.78. The molecule has 1 heterocycles. The molecule has 1 aromatic heterocycles. The Hall–Kier alpha value is -2.69. The van der Waals surface area contributed by atoms with Crippen LogP contribution in [0, 0.1) is 0 Å². The van der Waals surface area contributed by atoms with Crippen LogP contribution >= 0.6 is 22.9 Å². The molecule has 3 aromatic carbocycles. The van der Waals surface area contributed by atoms with E-state index in [0.29, 0.717) is 16.3 Å². The van der Waals surface area contributed by atoms with E-state index in [4.69, 9.17) is 11.6 Å². The van der Waals surface area contributed by atoms with E-state index in [0.717, 1.165) is 20.8 Å². The minimum Gasteiger partial charge on any atom is -0.322 e. The van der Waals surface area contributed by atoms with Crippen molar-refractivity contribution < 1.29 is 4.79 Å². The normalized spacial score (nSPS) is 10.8. The van der Waals surface area contributed by atoms with Crippen LogP contribution in [-0.2, 0) is 0 Å². The number of hydrogen-bond acceptors (Lipinski definition) is 3. The quantitative estimate of drug-likeness (QED) is 0.494. The van der Waals surface area contributed by atoms with Gasteiger partial charge in [0, 0.05) is 11.3 Å². The molecule has 0 aliphatic carbocycles.